The number of amides is 2. The van der Waals surface area contributed by atoms with Crippen LogP contribution in [0.25, 0.3) is 17.0 Å². The number of hydrogen-bond donors (Lipinski definition) is 0. The molecule has 3 heterocycles. The van der Waals surface area contributed by atoms with Crippen molar-refractivity contribution in [3.8, 4) is 0 Å². The van der Waals surface area contributed by atoms with Gasteiger partial charge in [-0.05, 0) is 48.2 Å². The van der Waals surface area contributed by atoms with Gasteiger partial charge in [-0.25, -0.2) is 9.18 Å². The van der Waals surface area contributed by atoms with Gasteiger partial charge in [0.15, 0.2) is 0 Å². The maximum atomic E-state index is 14.2. The van der Waals surface area contributed by atoms with Gasteiger partial charge in [-0.1, -0.05) is 35.9 Å². The number of aromatic nitrogens is 1. The molecule has 0 aliphatic carbocycles. The predicted octanol–water partition coefficient (Wildman–Crippen LogP) is 6.10. The molecule has 2 amide bonds. The highest BCUT2D eigenvalue weighted by Crippen LogP contribution is 2.36. The van der Waals surface area contributed by atoms with E-state index in [0.717, 1.165) is 33.1 Å². The monoisotopic (exact) mass is 524 g/mol. The fourth-order valence-corrected chi connectivity index (χ4v) is 5.03. The first-order chi connectivity index (χ1) is 17.4. The van der Waals surface area contributed by atoms with Crippen molar-refractivity contribution < 1.29 is 27.9 Å². The van der Waals surface area contributed by atoms with Gasteiger partial charge in [0.05, 0.1) is 25.1 Å². The first-order valence-corrected chi connectivity index (χ1v) is 12.0. The molecule has 0 N–H and O–H groups in total. The maximum absolute atomic E-state index is 14.2. The summed E-state index contributed by atoms with van der Waals surface area (Å²) in [6.07, 6.45) is 3.49. The van der Waals surface area contributed by atoms with Gasteiger partial charge in [0.1, 0.15) is 11.6 Å². The lowest BCUT2D eigenvalue weighted by atomic mass is 10.1. The van der Waals surface area contributed by atoms with E-state index in [-0.39, 0.29) is 27.8 Å². The van der Waals surface area contributed by atoms with Crippen LogP contribution in [-0.4, -0.2) is 33.7 Å². The number of methoxy groups -OCH3 is 1. The normalized spacial score (nSPS) is 14.9. The van der Waals surface area contributed by atoms with E-state index in [1.165, 1.54) is 25.3 Å². The van der Waals surface area contributed by atoms with Crippen LogP contribution in [-0.2, 0) is 22.6 Å². The Bertz CT molecular complexity index is 1540. The lowest BCUT2D eigenvalue weighted by Crippen LogP contribution is -2.28. The van der Waals surface area contributed by atoms with E-state index in [0.29, 0.717) is 12.3 Å². The van der Waals surface area contributed by atoms with Gasteiger partial charge in [-0.3, -0.25) is 14.5 Å². The number of thioether (sulfide) groups is 1. The molecule has 0 saturated carbocycles. The Morgan fingerprint density at radius 2 is 1.92 bits per heavy atom. The van der Waals surface area contributed by atoms with Gasteiger partial charge >= 0.3 is 5.97 Å². The van der Waals surface area contributed by atoms with Gasteiger partial charge in [-0.15, -0.1) is 0 Å². The first kappa shape index (κ1) is 23.9. The smallest absolute Gasteiger partial charge is 0.373 e. The number of fused-ring (bicyclic) bond motifs is 1. The molecular weight excluding hydrogens is 507 g/mol. The van der Waals surface area contributed by atoms with Crippen LogP contribution < -0.4 is 0 Å². The number of rotatable bonds is 6. The van der Waals surface area contributed by atoms with Gasteiger partial charge in [0.25, 0.3) is 11.1 Å². The minimum absolute atomic E-state index is 0.0871. The largest absolute Gasteiger partial charge is 0.463 e. The van der Waals surface area contributed by atoms with Crippen LogP contribution in [0.5, 0.6) is 0 Å². The summed E-state index contributed by atoms with van der Waals surface area (Å²) in [4.78, 5) is 38.6. The van der Waals surface area contributed by atoms with Crippen molar-refractivity contribution in [2.75, 3.05) is 7.11 Å². The Hall–Kier alpha value is -3.82. The molecule has 7 nitrogen and oxygen atoms in total. The van der Waals surface area contributed by atoms with E-state index in [9.17, 15) is 18.8 Å². The molecule has 0 spiro atoms. The highest BCUT2D eigenvalue weighted by atomic mass is 35.5. The zero-order valence-corrected chi connectivity index (χ0v) is 20.4. The summed E-state index contributed by atoms with van der Waals surface area (Å²) in [5.74, 6) is -1.01. The molecular formula is C26H18ClFN2O5S. The predicted molar refractivity (Wildman–Crippen MR) is 134 cm³/mol. The van der Waals surface area contributed by atoms with Crippen LogP contribution in [0.1, 0.15) is 27.4 Å². The highest BCUT2D eigenvalue weighted by molar-refractivity contribution is 8.18. The Kier molecular flexibility index (Phi) is 6.42. The SMILES string of the molecule is COC(=O)c1ccc(Cn2cc(/C=C3\SC(=O)N(Cc4c(F)cccc4Cl)C3=O)c3ccccc32)o1. The summed E-state index contributed by atoms with van der Waals surface area (Å²) in [6, 6.07) is 15.0. The average Bonchev–Trinajstić information content (AvgIpc) is 3.54. The first-order valence-electron chi connectivity index (χ1n) is 10.8. The van der Waals surface area contributed by atoms with Crippen molar-refractivity contribution in [2.45, 2.75) is 13.1 Å². The molecule has 1 aliphatic heterocycles. The number of furan rings is 1. The summed E-state index contributed by atoms with van der Waals surface area (Å²) in [7, 11) is 1.28. The van der Waals surface area contributed by atoms with Crippen LogP contribution in [0.3, 0.4) is 0 Å². The molecule has 5 rings (SSSR count). The molecule has 182 valence electrons. The molecule has 10 heteroatoms. The van der Waals surface area contributed by atoms with E-state index >= 15 is 0 Å². The number of ether oxygens (including phenoxy) is 1. The van der Waals surface area contributed by atoms with Gasteiger partial charge in [0, 0.05) is 33.2 Å². The van der Waals surface area contributed by atoms with Crippen molar-refractivity contribution >= 4 is 57.5 Å². The molecule has 36 heavy (non-hydrogen) atoms. The molecule has 4 aromatic rings. The number of para-hydroxylation sites is 1. The van der Waals surface area contributed by atoms with Crippen LogP contribution in [0, 0.1) is 5.82 Å². The van der Waals surface area contributed by atoms with E-state index in [1.54, 1.807) is 18.2 Å². The van der Waals surface area contributed by atoms with E-state index in [1.807, 2.05) is 35.0 Å². The van der Waals surface area contributed by atoms with Crippen LogP contribution in [0.4, 0.5) is 9.18 Å². The Morgan fingerprint density at radius 3 is 2.69 bits per heavy atom. The highest BCUT2D eigenvalue weighted by Gasteiger charge is 2.36. The van der Waals surface area contributed by atoms with E-state index < -0.39 is 22.9 Å². The lowest BCUT2D eigenvalue weighted by molar-refractivity contribution is -0.123. The summed E-state index contributed by atoms with van der Waals surface area (Å²) in [5.41, 5.74) is 1.68. The van der Waals surface area contributed by atoms with Crippen molar-refractivity contribution in [2.24, 2.45) is 0 Å². The van der Waals surface area contributed by atoms with Gasteiger partial charge in [0.2, 0.25) is 5.76 Å². The zero-order valence-electron chi connectivity index (χ0n) is 18.9. The van der Waals surface area contributed by atoms with Crippen molar-refractivity contribution in [3.63, 3.8) is 0 Å². The number of esters is 1. The second-order valence-electron chi connectivity index (χ2n) is 7.96. The quantitative estimate of drug-likeness (QED) is 0.224. The summed E-state index contributed by atoms with van der Waals surface area (Å²) in [5, 5.41) is 0.510. The molecule has 2 aromatic carbocycles. The van der Waals surface area contributed by atoms with Crippen molar-refractivity contribution in [3.05, 3.63) is 99.2 Å². The fraction of sp³-hybridized carbons (Fsp3) is 0.115. The molecule has 0 unspecified atom stereocenters. The molecule has 1 saturated heterocycles. The fourth-order valence-electron chi connectivity index (χ4n) is 3.98. The minimum Gasteiger partial charge on any atom is -0.463 e. The number of carbonyl (C=O) groups excluding carboxylic acids is 3. The number of hydrogen-bond acceptors (Lipinski definition) is 6. The summed E-state index contributed by atoms with van der Waals surface area (Å²) >= 11 is 6.88. The van der Waals surface area contributed by atoms with Gasteiger partial charge in [-0.2, -0.15) is 0 Å². The Labute approximate surface area is 214 Å². The van der Waals surface area contributed by atoms with E-state index in [2.05, 4.69) is 4.74 Å². The lowest BCUT2D eigenvalue weighted by Gasteiger charge is -2.14. The van der Waals surface area contributed by atoms with Crippen molar-refractivity contribution in [1.82, 2.24) is 9.47 Å². The summed E-state index contributed by atoms with van der Waals surface area (Å²) < 4.78 is 26.4. The molecule has 0 atom stereocenters. The van der Waals surface area contributed by atoms with Crippen molar-refractivity contribution in [1.29, 1.82) is 0 Å². The zero-order chi connectivity index (χ0) is 25.4. The molecule has 0 bridgehead atoms. The Morgan fingerprint density at radius 1 is 1.11 bits per heavy atom. The maximum Gasteiger partial charge on any atom is 0.373 e. The third-order valence-electron chi connectivity index (χ3n) is 5.73. The number of nitrogens with zero attached hydrogens (tertiary/aromatic N) is 2. The van der Waals surface area contributed by atoms with Crippen LogP contribution in [0.15, 0.2) is 70.1 Å². The minimum atomic E-state index is -0.582. The third-order valence-corrected chi connectivity index (χ3v) is 6.99. The number of carbonyl (C=O) groups is 3. The molecule has 2 aromatic heterocycles. The second-order valence-corrected chi connectivity index (χ2v) is 9.36. The number of benzene rings is 2. The standard InChI is InChI=1S/C26H18ClFN2O5S/c1-34-25(32)22-10-9-16(35-22)13-29-12-15(17-5-2-3-8-21(17)29)11-23-24(31)30(26(33)36-23)14-18-19(27)6-4-7-20(18)28/h2-12H,13-14H2,1H3/b23-11-. The molecule has 0 radical (unpaired) electrons. The van der Waals surface area contributed by atoms with Crippen LogP contribution in [0.2, 0.25) is 5.02 Å². The number of imide groups is 1. The van der Waals surface area contributed by atoms with E-state index in [4.69, 9.17) is 16.0 Å². The Balaban J connectivity index is 1.45. The summed E-state index contributed by atoms with van der Waals surface area (Å²) in [6.45, 7) is 0.0783. The molecule has 1 aliphatic rings. The van der Waals surface area contributed by atoms with Gasteiger partial charge < -0.3 is 13.7 Å². The second kappa shape index (κ2) is 9.67. The number of halogens is 2. The third kappa shape index (κ3) is 4.43. The average molecular weight is 525 g/mol. The molecule has 1 fully saturated rings. The van der Waals surface area contributed by atoms with Crippen LogP contribution >= 0.6 is 23.4 Å². The topological polar surface area (TPSA) is 81.8 Å².